The summed E-state index contributed by atoms with van der Waals surface area (Å²) in [5, 5.41) is 8.98. The van der Waals surface area contributed by atoms with Gasteiger partial charge in [-0.1, -0.05) is 13.8 Å². The molecule has 4 heteroatoms. The predicted octanol–water partition coefficient (Wildman–Crippen LogP) is 1.44. The minimum Gasteiger partial charge on any atom is -0.390 e. The van der Waals surface area contributed by atoms with Crippen LogP contribution in [0.5, 0.6) is 0 Å². The van der Waals surface area contributed by atoms with Crippen molar-refractivity contribution < 1.29 is 9.84 Å². The average molecular weight is 212 g/mol. The van der Waals surface area contributed by atoms with Crippen LogP contribution in [0.4, 0.5) is 0 Å². The van der Waals surface area contributed by atoms with Crippen molar-refractivity contribution in [1.29, 1.82) is 0 Å². The van der Waals surface area contributed by atoms with E-state index in [1.165, 1.54) is 0 Å². The summed E-state index contributed by atoms with van der Waals surface area (Å²) in [7, 11) is 0. The molecule has 4 nitrogen and oxygen atoms in total. The van der Waals surface area contributed by atoms with Gasteiger partial charge in [-0.05, 0) is 12.3 Å². The van der Waals surface area contributed by atoms with E-state index >= 15 is 0 Å². The molecule has 0 amide bonds. The smallest absolute Gasteiger partial charge is 0.0949 e. The number of nitrogens with zero attached hydrogens (tertiary/aromatic N) is 2. The second kappa shape index (κ2) is 6.58. The molecule has 0 spiro atoms. The predicted molar refractivity (Wildman–Crippen MR) is 58.4 cm³/mol. The fourth-order valence-electron chi connectivity index (χ4n) is 1.27. The largest absolute Gasteiger partial charge is 0.390 e. The third-order valence-electron chi connectivity index (χ3n) is 2.28. The van der Waals surface area contributed by atoms with Gasteiger partial charge in [0.15, 0.2) is 0 Å². The second-order valence-corrected chi connectivity index (χ2v) is 4.03. The van der Waals surface area contributed by atoms with E-state index in [2.05, 4.69) is 18.8 Å². The molecule has 0 aliphatic heterocycles. The van der Waals surface area contributed by atoms with Crippen molar-refractivity contribution in [3.05, 3.63) is 18.2 Å². The van der Waals surface area contributed by atoms with Gasteiger partial charge >= 0.3 is 0 Å². The van der Waals surface area contributed by atoms with Crippen molar-refractivity contribution in [1.82, 2.24) is 9.55 Å². The van der Waals surface area contributed by atoms with Gasteiger partial charge < -0.3 is 14.4 Å². The molecule has 0 radical (unpaired) electrons. The number of aliphatic hydroxyl groups excluding tert-OH is 1. The maximum Gasteiger partial charge on any atom is 0.0949 e. The van der Waals surface area contributed by atoms with Gasteiger partial charge in [-0.3, -0.25) is 0 Å². The SMILES string of the molecule is CC(C)CCOCCn1cncc1CO. The van der Waals surface area contributed by atoms with E-state index < -0.39 is 0 Å². The van der Waals surface area contributed by atoms with E-state index in [0.717, 1.165) is 25.3 Å². The summed E-state index contributed by atoms with van der Waals surface area (Å²) in [5.74, 6) is 0.686. The first kappa shape index (κ1) is 12.2. The first-order valence-corrected chi connectivity index (χ1v) is 5.41. The van der Waals surface area contributed by atoms with E-state index in [0.29, 0.717) is 12.5 Å². The van der Waals surface area contributed by atoms with Crippen LogP contribution in [0.2, 0.25) is 0 Å². The van der Waals surface area contributed by atoms with Gasteiger partial charge in [-0.25, -0.2) is 4.98 Å². The Morgan fingerprint density at radius 3 is 2.93 bits per heavy atom. The summed E-state index contributed by atoms with van der Waals surface area (Å²) in [4.78, 5) is 3.97. The first-order chi connectivity index (χ1) is 7.24. The summed E-state index contributed by atoms with van der Waals surface area (Å²) in [5.41, 5.74) is 0.836. The maximum atomic E-state index is 8.98. The highest BCUT2D eigenvalue weighted by atomic mass is 16.5. The Morgan fingerprint density at radius 2 is 2.27 bits per heavy atom. The van der Waals surface area contributed by atoms with Gasteiger partial charge in [0.2, 0.25) is 0 Å². The van der Waals surface area contributed by atoms with E-state index in [1.807, 2.05) is 4.57 Å². The van der Waals surface area contributed by atoms with Gasteiger partial charge in [0.1, 0.15) is 0 Å². The third kappa shape index (κ3) is 4.44. The lowest BCUT2D eigenvalue weighted by molar-refractivity contribution is 0.115. The van der Waals surface area contributed by atoms with Gasteiger partial charge in [-0.15, -0.1) is 0 Å². The standard InChI is InChI=1S/C11H20N2O2/c1-10(2)3-5-15-6-4-13-9-12-7-11(13)8-14/h7,9-10,14H,3-6,8H2,1-2H3. The molecule has 0 saturated heterocycles. The van der Waals surface area contributed by atoms with Gasteiger partial charge in [0, 0.05) is 13.2 Å². The zero-order chi connectivity index (χ0) is 11.1. The van der Waals surface area contributed by atoms with Crippen LogP contribution < -0.4 is 0 Å². The van der Waals surface area contributed by atoms with Crippen molar-refractivity contribution >= 4 is 0 Å². The van der Waals surface area contributed by atoms with Crippen molar-refractivity contribution in [3.63, 3.8) is 0 Å². The Hall–Kier alpha value is -0.870. The Kier molecular flexibility index (Phi) is 5.36. The Balaban J connectivity index is 2.15. The Bertz CT molecular complexity index is 271. The summed E-state index contributed by atoms with van der Waals surface area (Å²) in [6.45, 7) is 6.64. The van der Waals surface area contributed by atoms with E-state index in [4.69, 9.17) is 9.84 Å². The van der Waals surface area contributed by atoms with Crippen molar-refractivity contribution in [3.8, 4) is 0 Å². The zero-order valence-corrected chi connectivity index (χ0v) is 9.52. The lowest BCUT2D eigenvalue weighted by Gasteiger charge is -2.08. The number of aromatic nitrogens is 2. The molecule has 1 N–H and O–H groups in total. The fraction of sp³-hybridized carbons (Fsp3) is 0.727. The average Bonchev–Trinajstić information content (AvgIpc) is 2.64. The van der Waals surface area contributed by atoms with Crippen molar-refractivity contribution in [2.75, 3.05) is 13.2 Å². The second-order valence-electron chi connectivity index (χ2n) is 4.03. The Morgan fingerprint density at radius 1 is 1.47 bits per heavy atom. The quantitative estimate of drug-likeness (QED) is 0.696. The molecular formula is C11H20N2O2. The zero-order valence-electron chi connectivity index (χ0n) is 9.52. The van der Waals surface area contributed by atoms with Crippen LogP contribution in [-0.4, -0.2) is 27.9 Å². The molecule has 15 heavy (non-hydrogen) atoms. The maximum absolute atomic E-state index is 8.98. The molecule has 0 atom stereocenters. The molecule has 1 aromatic heterocycles. The van der Waals surface area contributed by atoms with E-state index in [9.17, 15) is 0 Å². The van der Waals surface area contributed by atoms with Crippen LogP contribution in [0.15, 0.2) is 12.5 Å². The Labute approximate surface area is 90.9 Å². The minimum atomic E-state index is 0.0337. The molecule has 0 bridgehead atoms. The fourth-order valence-corrected chi connectivity index (χ4v) is 1.27. The van der Waals surface area contributed by atoms with E-state index in [1.54, 1.807) is 12.5 Å². The monoisotopic (exact) mass is 212 g/mol. The summed E-state index contributed by atoms with van der Waals surface area (Å²) in [6, 6.07) is 0. The third-order valence-corrected chi connectivity index (χ3v) is 2.28. The van der Waals surface area contributed by atoms with Gasteiger partial charge in [0.05, 0.1) is 31.4 Å². The molecule has 1 heterocycles. The highest BCUT2D eigenvalue weighted by Gasteiger charge is 2.00. The molecule has 0 saturated carbocycles. The number of rotatable bonds is 7. The number of imidazole rings is 1. The van der Waals surface area contributed by atoms with Gasteiger partial charge in [-0.2, -0.15) is 0 Å². The van der Waals surface area contributed by atoms with Crippen LogP contribution in [0.1, 0.15) is 26.0 Å². The van der Waals surface area contributed by atoms with Gasteiger partial charge in [0.25, 0.3) is 0 Å². The molecule has 1 aromatic rings. The summed E-state index contributed by atoms with van der Waals surface area (Å²) < 4.78 is 7.40. The van der Waals surface area contributed by atoms with Crippen LogP contribution in [0, 0.1) is 5.92 Å². The molecule has 0 aliphatic rings. The first-order valence-electron chi connectivity index (χ1n) is 5.41. The van der Waals surface area contributed by atoms with Crippen molar-refractivity contribution in [2.45, 2.75) is 33.4 Å². The van der Waals surface area contributed by atoms with Crippen LogP contribution >= 0.6 is 0 Å². The van der Waals surface area contributed by atoms with Crippen LogP contribution in [0.25, 0.3) is 0 Å². The molecule has 0 aromatic carbocycles. The lowest BCUT2D eigenvalue weighted by Crippen LogP contribution is -2.09. The molecule has 0 unspecified atom stereocenters. The molecule has 0 aliphatic carbocycles. The molecule has 0 fully saturated rings. The van der Waals surface area contributed by atoms with E-state index in [-0.39, 0.29) is 6.61 Å². The lowest BCUT2D eigenvalue weighted by atomic mass is 10.1. The van der Waals surface area contributed by atoms with Crippen molar-refractivity contribution in [2.24, 2.45) is 5.92 Å². The van der Waals surface area contributed by atoms with Crippen LogP contribution in [-0.2, 0) is 17.9 Å². The molecular weight excluding hydrogens is 192 g/mol. The summed E-state index contributed by atoms with van der Waals surface area (Å²) >= 11 is 0. The molecule has 86 valence electrons. The number of hydrogen-bond donors (Lipinski definition) is 1. The topological polar surface area (TPSA) is 47.3 Å². The summed E-state index contributed by atoms with van der Waals surface area (Å²) in [6.07, 6.45) is 4.49. The number of ether oxygens (including phenoxy) is 1. The number of aliphatic hydroxyl groups is 1. The highest BCUT2D eigenvalue weighted by molar-refractivity contribution is 4.95. The minimum absolute atomic E-state index is 0.0337. The normalized spacial score (nSPS) is 11.2. The van der Waals surface area contributed by atoms with Crippen LogP contribution in [0.3, 0.4) is 0 Å². The number of hydrogen-bond acceptors (Lipinski definition) is 3. The highest BCUT2D eigenvalue weighted by Crippen LogP contribution is 2.01. The molecule has 1 rings (SSSR count).